The number of anilines is 1. The summed E-state index contributed by atoms with van der Waals surface area (Å²) in [5.41, 5.74) is 4.28. The Balaban J connectivity index is 1.50. The Labute approximate surface area is 353 Å². The van der Waals surface area contributed by atoms with E-state index >= 15 is 8.78 Å². The van der Waals surface area contributed by atoms with Crippen molar-refractivity contribution in [2.45, 2.75) is 140 Å². The molecule has 0 N–H and O–H groups in total. The second-order valence-corrected chi connectivity index (χ2v) is 26.1. The molecule has 0 aliphatic carbocycles. The van der Waals surface area contributed by atoms with Gasteiger partial charge in [0, 0.05) is 24.6 Å². The Morgan fingerprint density at radius 3 is 2.30 bits per heavy atom. The molecule has 2 bridgehead atoms. The van der Waals surface area contributed by atoms with Gasteiger partial charge >= 0.3 is 6.09 Å². The number of fused-ring (bicyclic) bond motifs is 6. The third-order valence-electron chi connectivity index (χ3n) is 12.7. The number of carbonyl (C=O) groups is 1. The van der Waals surface area contributed by atoms with Crippen LogP contribution in [0.2, 0.25) is 16.6 Å². The molecule has 1 amide bonds. The van der Waals surface area contributed by atoms with Crippen LogP contribution in [0.15, 0.2) is 29.4 Å². The van der Waals surface area contributed by atoms with Gasteiger partial charge in [0.2, 0.25) is 15.0 Å². The fourth-order valence-corrected chi connectivity index (χ4v) is 16.0. The van der Waals surface area contributed by atoms with E-state index in [1.165, 1.54) is 20.1 Å². The first-order valence-electron chi connectivity index (χ1n) is 21.1. The topological polar surface area (TPSA) is 124 Å². The van der Waals surface area contributed by atoms with Crippen LogP contribution in [0.3, 0.4) is 0 Å². The number of ether oxygens (including phenoxy) is 3. The molecule has 11 nitrogen and oxygen atoms in total. The highest BCUT2D eigenvalue weighted by Gasteiger charge is 2.51. The van der Waals surface area contributed by atoms with Gasteiger partial charge in [-0.15, -0.1) is 5.54 Å². The van der Waals surface area contributed by atoms with Crippen molar-refractivity contribution in [2.24, 2.45) is 0 Å². The lowest BCUT2D eigenvalue weighted by atomic mass is 9.95. The number of hydrogen-bond donors (Lipinski definition) is 0. The molecule has 15 heteroatoms. The summed E-state index contributed by atoms with van der Waals surface area (Å²) in [7, 11) is -4.90. The van der Waals surface area contributed by atoms with E-state index in [2.05, 4.69) is 63.0 Å². The van der Waals surface area contributed by atoms with Gasteiger partial charge in [-0.2, -0.15) is 0 Å². The molecule has 2 aromatic carbocycles. The third kappa shape index (κ3) is 7.50. The van der Waals surface area contributed by atoms with E-state index in [4.69, 9.17) is 19.2 Å². The number of hydrogen-bond acceptors (Lipinski definition) is 10. The normalized spacial score (nSPS) is 19.2. The van der Waals surface area contributed by atoms with Crippen LogP contribution in [0.4, 0.5) is 19.4 Å². The van der Waals surface area contributed by atoms with Crippen molar-refractivity contribution in [2.75, 3.05) is 31.1 Å². The molecule has 322 valence electrons. The molecular weight excluding hydrogens is 805 g/mol. The number of rotatable bonds is 9. The van der Waals surface area contributed by atoms with E-state index in [1.54, 1.807) is 18.2 Å². The first kappa shape index (κ1) is 43.7. The number of methoxy groups -OCH3 is 1. The van der Waals surface area contributed by atoms with Gasteiger partial charge in [0.15, 0.2) is 12.6 Å². The number of carbonyl (C=O) groups excluding carboxylic acids is 1. The number of nitrogens with zero attached hydrogens (tertiary/aromatic N) is 5. The molecule has 4 aromatic rings. The number of benzene rings is 2. The van der Waals surface area contributed by atoms with E-state index in [0.717, 1.165) is 6.42 Å². The van der Waals surface area contributed by atoms with Gasteiger partial charge in [0.25, 0.3) is 0 Å². The van der Waals surface area contributed by atoms with Crippen LogP contribution in [-0.4, -0.2) is 92.4 Å². The number of sulfone groups is 1. The minimum atomic E-state index is -4.04. The van der Waals surface area contributed by atoms with Crippen molar-refractivity contribution >= 4 is 51.5 Å². The molecule has 0 spiro atoms. The van der Waals surface area contributed by atoms with Gasteiger partial charge < -0.3 is 19.1 Å². The first-order chi connectivity index (χ1) is 28.2. The van der Waals surface area contributed by atoms with E-state index in [1.807, 2.05) is 30.6 Å². The number of halogens is 2. The Morgan fingerprint density at radius 2 is 1.67 bits per heavy atom. The third-order valence-corrected chi connectivity index (χ3v) is 20.5. The zero-order chi connectivity index (χ0) is 43.6. The van der Waals surface area contributed by atoms with Gasteiger partial charge in [0.1, 0.15) is 42.3 Å². The van der Waals surface area contributed by atoms with E-state index in [0.29, 0.717) is 53.4 Å². The number of aromatic nitrogens is 3. The zero-order valence-corrected chi connectivity index (χ0v) is 38.4. The molecule has 0 unspecified atom stereocenters. The van der Waals surface area contributed by atoms with Crippen molar-refractivity contribution < 1.29 is 36.2 Å². The Kier molecular flexibility index (Phi) is 11.8. The molecule has 3 aliphatic rings. The second kappa shape index (κ2) is 16.1. The highest BCUT2D eigenvalue weighted by atomic mass is 32.2. The standard InChI is InChI=1S/C45H57F2N5O6SSi/c1-12-59(54,55)43-49-41-38-34(16-18-35-36-17-14-29(23-51(35)42(38)50-43)52(36)44(53)58-45(8,9)10)48-40(39(41)47)32-22-30(57-24-56-11)21-28-13-15-33(46)31(37(28)32)19-20-60(25(2)3,26(4)5)27(6)7/h13,15,21-22,25-27,29,35-36H,12,14,16-18,23-24H2,1-11H3/t29-,35-,36+/m1/s1. The molecule has 7 rings (SSSR count). The van der Waals surface area contributed by atoms with E-state index < -0.39 is 46.4 Å². The molecule has 60 heavy (non-hydrogen) atoms. The smallest absolute Gasteiger partial charge is 0.410 e. The molecule has 2 aromatic heterocycles. The SMILES string of the molecule is CCS(=O)(=O)c1nc2c3c(nc(-c4cc(OCOC)cc5ccc(F)c(C#C[Si](C(C)C)(C(C)C)C(C)C)c45)c(F)c3n1)CC[C@@H]1[C@@H]3CC[C@H](CN21)N3C(=O)OC(C)(C)C. The van der Waals surface area contributed by atoms with Gasteiger partial charge in [-0.05, 0) is 86.7 Å². The summed E-state index contributed by atoms with van der Waals surface area (Å²) in [6.45, 7) is 20.3. The first-order valence-corrected chi connectivity index (χ1v) is 24.9. The van der Waals surface area contributed by atoms with E-state index in [9.17, 15) is 13.2 Å². The van der Waals surface area contributed by atoms with Gasteiger partial charge in [0.05, 0.1) is 40.5 Å². The summed E-state index contributed by atoms with van der Waals surface area (Å²) in [6.07, 6.45) is 1.90. The molecule has 3 aliphatic heterocycles. The van der Waals surface area contributed by atoms with E-state index in [-0.39, 0.29) is 75.5 Å². The molecule has 0 radical (unpaired) electrons. The van der Waals surface area contributed by atoms with Gasteiger partial charge in [-0.3, -0.25) is 4.90 Å². The van der Waals surface area contributed by atoms with Crippen LogP contribution >= 0.6 is 0 Å². The maximum atomic E-state index is 17.8. The number of pyridine rings is 1. The van der Waals surface area contributed by atoms with Crippen LogP contribution in [-0.2, 0) is 25.7 Å². The van der Waals surface area contributed by atoms with Crippen molar-refractivity contribution in [3.05, 3.63) is 47.2 Å². The number of amides is 1. The summed E-state index contributed by atoms with van der Waals surface area (Å²) in [4.78, 5) is 31.7. The van der Waals surface area contributed by atoms with Gasteiger partial charge in [-0.1, -0.05) is 60.5 Å². The minimum absolute atomic E-state index is 0.0997. The summed E-state index contributed by atoms with van der Waals surface area (Å²) in [5.74, 6) is 2.19. The maximum absolute atomic E-state index is 17.8. The average molecular weight is 862 g/mol. The van der Waals surface area contributed by atoms with Crippen molar-refractivity contribution in [3.8, 4) is 28.5 Å². The molecule has 2 saturated heterocycles. The Hall–Kier alpha value is -4.39. The highest BCUT2D eigenvalue weighted by molar-refractivity contribution is 7.91. The molecular formula is C45H57F2N5O6SSi. The molecule has 5 heterocycles. The maximum Gasteiger partial charge on any atom is 0.410 e. The summed E-state index contributed by atoms with van der Waals surface area (Å²) in [6, 6.07) is 5.55. The fraction of sp³-hybridized carbons (Fsp3) is 0.556. The molecule has 2 fully saturated rings. The number of piperazine rings is 1. The lowest BCUT2D eigenvalue weighted by molar-refractivity contribution is 0.00721. The number of aryl methyl sites for hydroxylation is 1. The highest BCUT2D eigenvalue weighted by Crippen LogP contribution is 2.46. The monoisotopic (exact) mass is 861 g/mol. The van der Waals surface area contributed by atoms with Crippen molar-refractivity contribution in [1.29, 1.82) is 0 Å². The largest absolute Gasteiger partial charge is 0.468 e. The Morgan fingerprint density at radius 1 is 0.967 bits per heavy atom. The molecule has 0 saturated carbocycles. The zero-order valence-electron chi connectivity index (χ0n) is 36.6. The average Bonchev–Trinajstić information content (AvgIpc) is 3.42. The van der Waals surface area contributed by atoms with Crippen molar-refractivity contribution in [3.63, 3.8) is 0 Å². The van der Waals surface area contributed by atoms with Crippen LogP contribution in [0.5, 0.6) is 5.75 Å². The van der Waals surface area contributed by atoms with Crippen LogP contribution in [0.1, 0.15) is 99.8 Å². The predicted molar refractivity (Wildman–Crippen MR) is 233 cm³/mol. The minimum Gasteiger partial charge on any atom is -0.468 e. The van der Waals surface area contributed by atoms with Gasteiger partial charge in [-0.25, -0.2) is 36.9 Å². The predicted octanol–water partition coefficient (Wildman–Crippen LogP) is 9.37. The van der Waals surface area contributed by atoms with Crippen LogP contribution in [0, 0.1) is 23.1 Å². The lowest BCUT2D eigenvalue weighted by Crippen LogP contribution is -2.62. The van der Waals surface area contributed by atoms with Crippen LogP contribution in [0.25, 0.3) is 32.9 Å². The van der Waals surface area contributed by atoms with Crippen LogP contribution < -0.4 is 9.64 Å². The van der Waals surface area contributed by atoms with Crippen molar-refractivity contribution in [1.82, 2.24) is 19.9 Å². The Bertz CT molecular complexity index is 2510. The lowest BCUT2D eigenvalue weighted by Gasteiger charge is -2.47. The summed E-state index contributed by atoms with van der Waals surface area (Å²) < 4.78 is 78.4. The summed E-state index contributed by atoms with van der Waals surface area (Å²) >= 11 is 0. The molecule has 3 atom stereocenters. The summed E-state index contributed by atoms with van der Waals surface area (Å²) in [5, 5.41) is 0.740. The quantitative estimate of drug-likeness (QED) is 0.0696. The fourth-order valence-electron chi connectivity index (χ4n) is 10.1. The second-order valence-electron chi connectivity index (χ2n) is 18.3.